The van der Waals surface area contributed by atoms with Crippen molar-refractivity contribution in [3.8, 4) is 0 Å². The minimum atomic E-state index is -1.07. The van der Waals surface area contributed by atoms with E-state index in [0.717, 1.165) is 11.1 Å². The molecule has 2 N–H and O–H groups in total. The van der Waals surface area contributed by atoms with Crippen molar-refractivity contribution in [3.05, 3.63) is 95.4 Å². The van der Waals surface area contributed by atoms with Gasteiger partial charge in [-0.15, -0.1) is 0 Å². The molecule has 0 radical (unpaired) electrons. The van der Waals surface area contributed by atoms with E-state index in [1.54, 1.807) is 70.2 Å². The fraction of sp³-hybridized carbons (Fsp3) is 0.222. The number of carbonyl (C=O) groups is 3. The third-order valence-electron chi connectivity index (χ3n) is 4.22. The van der Waals surface area contributed by atoms with Crippen molar-refractivity contribution in [2.75, 3.05) is 0 Å². The summed E-state index contributed by atoms with van der Waals surface area (Å²) in [5, 5.41) is 11.4. The largest absolute Gasteiger partial charge is 0.506 e. The van der Waals surface area contributed by atoms with E-state index in [1.165, 1.54) is 18.2 Å². The van der Waals surface area contributed by atoms with E-state index in [4.69, 9.17) is 9.47 Å². The topological polar surface area (TPSA) is 105 Å². The van der Waals surface area contributed by atoms with Crippen molar-refractivity contribution in [1.29, 1.82) is 0 Å². The van der Waals surface area contributed by atoms with Gasteiger partial charge < -0.3 is 14.6 Å². The molecule has 0 aliphatic carbocycles. The van der Waals surface area contributed by atoms with Crippen LogP contribution < -0.4 is 5.43 Å². The van der Waals surface area contributed by atoms with Gasteiger partial charge in [0.05, 0.1) is 12.2 Å². The Kier molecular flexibility index (Phi) is 10.3. The van der Waals surface area contributed by atoms with Crippen LogP contribution in [0.3, 0.4) is 0 Å². The molecule has 2 aromatic carbocycles. The molecule has 0 bridgehead atoms. The summed E-state index contributed by atoms with van der Waals surface area (Å²) in [5.74, 6) is -1.32. The van der Waals surface area contributed by atoms with Crippen LogP contribution in [-0.4, -0.2) is 40.3 Å². The number of aliphatic hydroxyl groups is 1. The number of aliphatic hydroxyl groups excluding tert-OH is 1. The first kappa shape index (κ1) is 26.9. The average Bonchev–Trinajstić information content (AvgIpc) is 2.81. The number of allylic oxidation sites excluding steroid dienone is 2. The molecule has 35 heavy (non-hydrogen) atoms. The molecule has 0 fully saturated rings. The minimum Gasteiger partial charge on any atom is -0.506 e. The summed E-state index contributed by atoms with van der Waals surface area (Å²) in [7, 11) is 0. The molecule has 0 saturated carbocycles. The number of hydrogen-bond donors (Lipinski definition) is 2. The Labute approximate surface area is 205 Å². The second-order valence-corrected chi connectivity index (χ2v) is 7.92. The van der Waals surface area contributed by atoms with Crippen LogP contribution in [0.1, 0.15) is 38.8 Å². The summed E-state index contributed by atoms with van der Waals surface area (Å²) in [6, 6.07) is 18.1. The predicted octanol–water partition coefficient (Wildman–Crippen LogP) is 5.65. The van der Waals surface area contributed by atoms with E-state index in [2.05, 4.69) is 5.43 Å². The quantitative estimate of drug-likeness (QED) is 0.220. The fourth-order valence-electron chi connectivity index (χ4n) is 2.76. The van der Waals surface area contributed by atoms with E-state index in [0.29, 0.717) is 5.01 Å². The van der Waals surface area contributed by atoms with Gasteiger partial charge in [-0.3, -0.25) is 4.79 Å². The van der Waals surface area contributed by atoms with Crippen molar-refractivity contribution in [2.24, 2.45) is 0 Å². The van der Waals surface area contributed by atoms with E-state index in [-0.39, 0.29) is 0 Å². The molecular formula is C27H30N2O6. The highest BCUT2D eigenvalue weighted by Gasteiger charge is 2.30. The van der Waals surface area contributed by atoms with Crippen molar-refractivity contribution >= 4 is 30.1 Å². The Morgan fingerprint density at radius 1 is 0.800 bits per heavy atom. The Bertz CT molecular complexity index is 1090. The Morgan fingerprint density at radius 2 is 1.29 bits per heavy atom. The number of carbonyl (C=O) groups excluding carboxylic acids is 3. The van der Waals surface area contributed by atoms with Crippen LogP contribution in [-0.2, 0) is 14.3 Å². The Hall–Kier alpha value is -4.33. The first-order valence-corrected chi connectivity index (χ1v) is 11.1. The number of nitrogens with one attached hydrogen (secondary N) is 1. The molecule has 8 nitrogen and oxygen atoms in total. The number of rotatable bonds is 8. The molecule has 184 valence electrons. The summed E-state index contributed by atoms with van der Waals surface area (Å²) < 4.78 is 10.2. The number of hydrogen-bond acceptors (Lipinski definition) is 6. The number of benzene rings is 2. The van der Waals surface area contributed by atoms with Gasteiger partial charge in [-0.25, -0.2) is 15.0 Å². The van der Waals surface area contributed by atoms with Gasteiger partial charge in [-0.05, 0) is 51.0 Å². The monoisotopic (exact) mass is 478 g/mol. The number of ketones is 1. The van der Waals surface area contributed by atoms with Crippen molar-refractivity contribution in [1.82, 2.24) is 10.4 Å². The fourth-order valence-corrected chi connectivity index (χ4v) is 2.76. The van der Waals surface area contributed by atoms with Gasteiger partial charge >= 0.3 is 12.2 Å². The van der Waals surface area contributed by atoms with Gasteiger partial charge in [0.1, 0.15) is 5.76 Å². The maximum atomic E-state index is 13.2. The lowest BCUT2D eigenvalue weighted by Gasteiger charge is -2.25. The van der Waals surface area contributed by atoms with Crippen molar-refractivity contribution < 1.29 is 29.0 Å². The third-order valence-corrected chi connectivity index (χ3v) is 4.22. The molecule has 0 saturated heterocycles. The van der Waals surface area contributed by atoms with Crippen molar-refractivity contribution in [3.63, 3.8) is 0 Å². The zero-order chi connectivity index (χ0) is 25.8. The maximum Gasteiger partial charge on any atom is 0.434 e. The summed E-state index contributed by atoms with van der Waals surface area (Å²) in [6.45, 7) is 6.47. The number of amides is 2. The van der Waals surface area contributed by atoms with Crippen LogP contribution in [0, 0.1) is 0 Å². The van der Waals surface area contributed by atoms with Gasteiger partial charge in [0.2, 0.25) is 5.78 Å². The third kappa shape index (κ3) is 9.21. The molecule has 2 amide bonds. The van der Waals surface area contributed by atoms with E-state index >= 15 is 0 Å². The lowest BCUT2D eigenvalue weighted by molar-refractivity contribution is -0.113. The van der Waals surface area contributed by atoms with Crippen LogP contribution in [0.15, 0.2) is 84.3 Å². The van der Waals surface area contributed by atoms with E-state index in [1.807, 2.05) is 24.3 Å². The van der Waals surface area contributed by atoms with Gasteiger partial charge in [0, 0.05) is 0 Å². The zero-order valence-electron chi connectivity index (χ0n) is 20.2. The molecule has 0 aliphatic rings. The second-order valence-electron chi connectivity index (χ2n) is 7.92. The van der Waals surface area contributed by atoms with Gasteiger partial charge in [-0.2, -0.15) is 5.01 Å². The molecule has 2 aromatic rings. The first-order chi connectivity index (χ1) is 16.7. The zero-order valence-corrected chi connectivity index (χ0v) is 20.2. The molecule has 0 atom stereocenters. The molecule has 0 unspecified atom stereocenters. The van der Waals surface area contributed by atoms with Crippen molar-refractivity contribution in [2.45, 2.75) is 39.9 Å². The molecule has 2 rings (SSSR count). The molecule has 0 heterocycles. The summed E-state index contributed by atoms with van der Waals surface area (Å²) in [6.07, 6.45) is 2.38. The first-order valence-electron chi connectivity index (χ1n) is 11.1. The standard InChI is InChI=1S/C27H30N2O6/c1-19(2)34-26(32)28-29(27(33)35-20(3)4)25(23(30)17-15-21-11-7-5-8-12-21)24(31)18-16-22-13-9-6-10-14-22/h5-20,30H,1-4H3,(H,28,32)/b17-15+,18-16+,25-23+. The molecule has 0 aromatic heterocycles. The molecule has 0 aliphatic heterocycles. The molecule has 0 spiro atoms. The van der Waals surface area contributed by atoms with Crippen LogP contribution in [0.4, 0.5) is 9.59 Å². The highest BCUT2D eigenvalue weighted by atomic mass is 16.6. The van der Waals surface area contributed by atoms with Crippen LogP contribution in [0.2, 0.25) is 0 Å². The van der Waals surface area contributed by atoms with E-state index < -0.39 is 41.6 Å². The predicted molar refractivity (Wildman–Crippen MR) is 134 cm³/mol. The van der Waals surface area contributed by atoms with Gasteiger partial charge in [0.25, 0.3) is 0 Å². The SMILES string of the molecule is CC(C)OC(=O)NN(C(=O)OC(C)C)/C(C(=O)/C=C/c1ccccc1)=C(O)\C=C\c1ccccc1. The smallest absolute Gasteiger partial charge is 0.434 e. The highest BCUT2D eigenvalue weighted by molar-refractivity contribution is 6.08. The number of hydrazine groups is 1. The van der Waals surface area contributed by atoms with Gasteiger partial charge in [0.15, 0.2) is 5.70 Å². The number of ether oxygens (including phenoxy) is 2. The van der Waals surface area contributed by atoms with Crippen LogP contribution >= 0.6 is 0 Å². The minimum absolute atomic E-state index is 0.495. The summed E-state index contributed by atoms with van der Waals surface area (Å²) in [4.78, 5) is 38.4. The molecular weight excluding hydrogens is 448 g/mol. The lowest BCUT2D eigenvalue weighted by Crippen LogP contribution is -2.49. The number of nitrogens with zero attached hydrogens (tertiary/aromatic N) is 1. The maximum absolute atomic E-state index is 13.2. The lowest BCUT2D eigenvalue weighted by atomic mass is 10.1. The average molecular weight is 479 g/mol. The summed E-state index contributed by atoms with van der Waals surface area (Å²) >= 11 is 0. The Balaban J connectivity index is 2.53. The Morgan fingerprint density at radius 3 is 1.77 bits per heavy atom. The van der Waals surface area contributed by atoms with Crippen LogP contribution in [0.5, 0.6) is 0 Å². The molecule has 8 heteroatoms. The summed E-state index contributed by atoms with van der Waals surface area (Å²) in [5.41, 5.74) is 3.15. The van der Waals surface area contributed by atoms with E-state index in [9.17, 15) is 19.5 Å². The van der Waals surface area contributed by atoms with Crippen LogP contribution in [0.25, 0.3) is 12.2 Å². The highest BCUT2D eigenvalue weighted by Crippen LogP contribution is 2.16. The van der Waals surface area contributed by atoms with Gasteiger partial charge in [-0.1, -0.05) is 72.8 Å². The second kappa shape index (κ2) is 13.4. The normalized spacial score (nSPS) is 12.1.